The first kappa shape index (κ1) is 37.6. The minimum Gasteiger partial charge on any atom is -0.392 e. The Labute approximate surface area is 253 Å². The monoisotopic (exact) mass is 552 g/mol. The zero-order valence-electron chi connectivity index (χ0n) is 27.4. The van der Waals surface area contributed by atoms with Gasteiger partial charge in [0.15, 0.2) is 0 Å². The van der Waals surface area contributed by atoms with Gasteiger partial charge >= 0.3 is 0 Å². The van der Waals surface area contributed by atoms with Crippen molar-refractivity contribution in [1.82, 2.24) is 0 Å². The first-order valence-corrected chi connectivity index (χ1v) is 14.8. The SMILES string of the molecule is CC(C)=CCC\C(C)=C/C=C/C(C)=C/C=C\C(C)=C\C=C\C=C(C)\C=C/C=C(C)/C=C/C=C(\C)CC/C=C(\C)CO. The number of allylic oxidation sites excluding steroid dienone is 25. The Morgan fingerprint density at radius 1 is 0.415 bits per heavy atom. The minimum atomic E-state index is 0.145. The van der Waals surface area contributed by atoms with E-state index >= 15 is 0 Å². The van der Waals surface area contributed by atoms with Gasteiger partial charge in [-0.2, -0.15) is 0 Å². The third-order valence-corrected chi connectivity index (χ3v) is 6.12. The van der Waals surface area contributed by atoms with Gasteiger partial charge in [-0.3, -0.25) is 0 Å². The van der Waals surface area contributed by atoms with E-state index in [4.69, 9.17) is 5.11 Å². The van der Waals surface area contributed by atoms with Crippen molar-refractivity contribution in [2.75, 3.05) is 6.61 Å². The molecular formula is C40H56O. The topological polar surface area (TPSA) is 20.2 Å². The molecule has 0 aliphatic heterocycles. The molecule has 1 heteroatoms. The van der Waals surface area contributed by atoms with Gasteiger partial charge in [-0.15, -0.1) is 0 Å². The molecule has 0 heterocycles. The summed E-state index contributed by atoms with van der Waals surface area (Å²) in [4.78, 5) is 0. The van der Waals surface area contributed by atoms with Crippen LogP contribution in [0.2, 0.25) is 0 Å². The van der Waals surface area contributed by atoms with Crippen LogP contribution in [0.1, 0.15) is 88.0 Å². The molecule has 1 nitrogen and oxygen atoms in total. The molecule has 0 aromatic rings. The highest BCUT2D eigenvalue weighted by molar-refractivity contribution is 5.32. The Bertz CT molecular complexity index is 1170. The number of aliphatic hydroxyl groups is 1. The normalized spacial score (nSPS) is 15.6. The first-order valence-electron chi connectivity index (χ1n) is 14.8. The molecule has 0 spiro atoms. The molecule has 0 atom stereocenters. The maximum absolute atomic E-state index is 9.05. The molecule has 0 unspecified atom stereocenters. The Kier molecular flexibility index (Phi) is 22.3. The molecule has 0 aliphatic rings. The standard InChI is InChI=1S/C40H56O/c1-33(2)18-12-21-36(5)24-15-27-37(6)25-13-22-34(3)19-10-11-20-35(4)23-14-26-38(7)28-16-29-39(8)30-17-31-40(9)32-41/h10-11,13-16,18-20,22-29,31,41H,12,17,21,30,32H2,1-9H3/b11-10+,22-13-,23-14-,27-15+,28-16+,34-19+,35-20+,36-24-,37-25+,38-26+,39-29+,40-31+. The van der Waals surface area contributed by atoms with Crippen LogP contribution in [0.5, 0.6) is 0 Å². The van der Waals surface area contributed by atoms with Crippen molar-refractivity contribution in [2.45, 2.75) is 88.0 Å². The Morgan fingerprint density at radius 3 is 1.12 bits per heavy atom. The third-order valence-electron chi connectivity index (χ3n) is 6.12. The second-order valence-electron chi connectivity index (χ2n) is 11.1. The van der Waals surface area contributed by atoms with Crippen LogP contribution in [0.3, 0.4) is 0 Å². The highest BCUT2D eigenvalue weighted by atomic mass is 16.3. The van der Waals surface area contributed by atoms with E-state index in [1.54, 1.807) is 0 Å². The van der Waals surface area contributed by atoms with Crippen LogP contribution in [-0.2, 0) is 0 Å². The van der Waals surface area contributed by atoms with E-state index in [-0.39, 0.29) is 6.61 Å². The fourth-order valence-electron chi connectivity index (χ4n) is 3.43. The van der Waals surface area contributed by atoms with Gasteiger partial charge in [-0.1, -0.05) is 154 Å². The van der Waals surface area contributed by atoms with E-state index in [0.29, 0.717) is 0 Å². The van der Waals surface area contributed by atoms with Crippen molar-refractivity contribution in [1.29, 1.82) is 0 Å². The third kappa shape index (κ3) is 25.3. The van der Waals surface area contributed by atoms with Crippen molar-refractivity contribution in [3.63, 3.8) is 0 Å². The molecule has 41 heavy (non-hydrogen) atoms. The highest BCUT2D eigenvalue weighted by Crippen LogP contribution is 2.09. The molecule has 0 saturated heterocycles. The van der Waals surface area contributed by atoms with Gasteiger partial charge in [0, 0.05) is 0 Å². The maximum atomic E-state index is 9.05. The van der Waals surface area contributed by atoms with Crippen molar-refractivity contribution < 1.29 is 5.11 Å². The second-order valence-corrected chi connectivity index (χ2v) is 11.1. The Hall–Kier alpha value is -3.42. The van der Waals surface area contributed by atoms with Gasteiger partial charge < -0.3 is 5.11 Å². The Morgan fingerprint density at radius 2 is 0.756 bits per heavy atom. The van der Waals surface area contributed by atoms with Gasteiger partial charge in [0.2, 0.25) is 0 Å². The molecule has 1 N–H and O–H groups in total. The van der Waals surface area contributed by atoms with Gasteiger partial charge in [-0.05, 0) is 88.0 Å². The summed E-state index contributed by atoms with van der Waals surface area (Å²) in [7, 11) is 0. The molecule has 0 rings (SSSR count). The lowest BCUT2D eigenvalue weighted by molar-refractivity contribution is 0.331. The summed E-state index contributed by atoms with van der Waals surface area (Å²) >= 11 is 0. The van der Waals surface area contributed by atoms with Gasteiger partial charge in [0.05, 0.1) is 6.61 Å². The lowest BCUT2D eigenvalue weighted by Gasteiger charge is -1.98. The van der Waals surface area contributed by atoms with Gasteiger partial charge in [0.1, 0.15) is 0 Å². The first-order chi connectivity index (χ1) is 19.5. The lowest BCUT2D eigenvalue weighted by Crippen LogP contribution is -1.84. The molecule has 0 aromatic heterocycles. The highest BCUT2D eigenvalue weighted by Gasteiger charge is 1.90. The molecule has 0 aromatic carbocycles. The van der Waals surface area contributed by atoms with E-state index in [1.165, 1.54) is 39.0 Å². The van der Waals surface area contributed by atoms with E-state index < -0.39 is 0 Å². The largest absolute Gasteiger partial charge is 0.392 e. The average Bonchev–Trinajstić information content (AvgIpc) is 2.90. The van der Waals surface area contributed by atoms with Crippen molar-refractivity contribution in [3.05, 3.63) is 154 Å². The van der Waals surface area contributed by atoms with Crippen LogP contribution < -0.4 is 0 Å². The van der Waals surface area contributed by atoms with E-state index in [9.17, 15) is 0 Å². The number of rotatable bonds is 17. The predicted molar refractivity (Wildman–Crippen MR) is 187 cm³/mol. The van der Waals surface area contributed by atoms with Gasteiger partial charge in [-0.25, -0.2) is 0 Å². The number of hydrogen-bond acceptors (Lipinski definition) is 1. The molecule has 222 valence electrons. The molecule has 0 aliphatic carbocycles. The summed E-state index contributed by atoms with van der Waals surface area (Å²) in [5.41, 5.74) is 9.99. The quantitative estimate of drug-likeness (QED) is 0.140. The molecule has 0 saturated carbocycles. The minimum absolute atomic E-state index is 0.145. The summed E-state index contributed by atoms with van der Waals surface area (Å²) in [5.74, 6) is 0. The van der Waals surface area contributed by atoms with E-state index in [2.05, 4.69) is 165 Å². The zero-order valence-corrected chi connectivity index (χ0v) is 27.4. The summed E-state index contributed by atoms with van der Waals surface area (Å²) in [6.07, 6.45) is 42.6. The van der Waals surface area contributed by atoms with E-state index in [0.717, 1.165) is 31.3 Å². The van der Waals surface area contributed by atoms with Crippen molar-refractivity contribution in [2.24, 2.45) is 0 Å². The molecule has 0 fully saturated rings. The molecule has 0 bridgehead atoms. The van der Waals surface area contributed by atoms with Crippen LogP contribution in [0, 0.1) is 0 Å². The Balaban J connectivity index is 4.70. The summed E-state index contributed by atoms with van der Waals surface area (Å²) in [5, 5.41) is 9.05. The zero-order chi connectivity index (χ0) is 30.9. The fourth-order valence-corrected chi connectivity index (χ4v) is 3.43. The summed E-state index contributed by atoms with van der Waals surface area (Å²) in [6.45, 7) is 19.2. The van der Waals surface area contributed by atoms with Crippen LogP contribution in [0.4, 0.5) is 0 Å². The molecular weight excluding hydrogens is 496 g/mol. The van der Waals surface area contributed by atoms with Crippen molar-refractivity contribution >= 4 is 0 Å². The average molecular weight is 553 g/mol. The summed E-state index contributed by atoms with van der Waals surface area (Å²) in [6, 6.07) is 0. The van der Waals surface area contributed by atoms with Crippen LogP contribution >= 0.6 is 0 Å². The van der Waals surface area contributed by atoms with E-state index in [1.807, 2.05) is 6.92 Å². The fraction of sp³-hybridized carbons (Fsp3) is 0.350. The number of aliphatic hydroxyl groups excluding tert-OH is 1. The predicted octanol–water partition coefficient (Wildman–Crippen LogP) is 11.9. The molecule has 0 amide bonds. The summed E-state index contributed by atoms with van der Waals surface area (Å²) < 4.78 is 0. The lowest BCUT2D eigenvalue weighted by atomic mass is 10.1. The maximum Gasteiger partial charge on any atom is 0.0639 e. The number of hydrogen-bond donors (Lipinski definition) is 1. The second kappa shape index (κ2) is 24.4. The van der Waals surface area contributed by atoms with Crippen LogP contribution in [0.25, 0.3) is 0 Å². The molecule has 0 radical (unpaired) electrons. The van der Waals surface area contributed by atoms with Gasteiger partial charge in [0.25, 0.3) is 0 Å². The van der Waals surface area contributed by atoms with Crippen LogP contribution in [-0.4, -0.2) is 11.7 Å². The van der Waals surface area contributed by atoms with Crippen LogP contribution in [0.15, 0.2) is 154 Å². The van der Waals surface area contributed by atoms with Crippen molar-refractivity contribution in [3.8, 4) is 0 Å². The smallest absolute Gasteiger partial charge is 0.0639 e.